The van der Waals surface area contributed by atoms with Crippen molar-refractivity contribution in [1.29, 1.82) is 0 Å². The minimum absolute atomic E-state index is 0.187. The number of aromatic nitrogens is 1. The summed E-state index contributed by atoms with van der Waals surface area (Å²) in [6.07, 6.45) is 2.52. The Labute approximate surface area is 100 Å². The van der Waals surface area contributed by atoms with Crippen LogP contribution < -0.4 is 4.74 Å². The number of likely N-dealkylation sites (N-methyl/N-ethyl adjacent to an activating group) is 1. The Morgan fingerprint density at radius 1 is 1.65 bits per heavy atom. The van der Waals surface area contributed by atoms with Crippen LogP contribution in [0, 0.1) is 0 Å². The minimum atomic E-state index is -0.975. The van der Waals surface area contributed by atoms with Gasteiger partial charge in [-0.15, -0.1) is 0 Å². The summed E-state index contributed by atoms with van der Waals surface area (Å²) >= 11 is 0. The molecule has 0 aromatic carbocycles. The maximum absolute atomic E-state index is 11.1. The normalized spacial score (nSPS) is 20.5. The van der Waals surface area contributed by atoms with Crippen molar-refractivity contribution in [2.45, 2.75) is 12.3 Å². The molecule has 1 aliphatic rings. The van der Waals surface area contributed by atoms with Crippen molar-refractivity contribution in [1.82, 2.24) is 9.88 Å². The third kappa shape index (κ3) is 2.39. The van der Waals surface area contributed by atoms with Gasteiger partial charge >= 0.3 is 5.97 Å². The lowest BCUT2D eigenvalue weighted by Gasteiger charge is -2.12. The molecule has 5 heteroatoms. The first kappa shape index (κ1) is 11.9. The Morgan fingerprint density at radius 3 is 2.94 bits per heavy atom. The van der Waals surface area contributed by atoms with Gasteiger partial charge in [-0.25, -0.2) is 4.79 Å². The molecule has 0 spiro atoms. The van der Waals surface area contributed by atoms with E-state index in [1.165, 1.54) is 13.3 Å². The first-order chi connectivity index (χ1) is 8.11. The summed E-state index contributed by atoms with van der Waals surface area (Å²) in [5.74, 6) is -0.339. The first-order valence-electron chi connectivity index (χ1n) is 5.57. The minimum Gasteiger partial charge on any atom is -0.494 e. The lowest BCUT2D eigenvalue weighted by atomic mass is 10.0. The fraction of sp³-hybridized carbons (Fsp3) is 0.500. The zero-order valence-corrected chi connectivity index (χ0v) is 10.0. The summed E-state index contributed by atoms with van der Waals surface area (Å²) in [7, 11) is 3.51. The van der Waals surface area contributed by atoms with E-state index in [1.54, 1.807) is 6.07 Å². The Morgan fingerprint density at radius 2 is 2.41 bits per heavy atom. The van der Waals surface area contributed by atoms with Crippen molar-refractivity contribution in [2.75, 3.05) is 27.2 Å². The molecule has 1 saturated heterocycles. The third-order valence-electron chi connectivity index (χ3n) is 3.15. The summed E-state index contributed by atoms with van der Waals surface area (Å²) in [6, 6.07) is 1.63. The van der Waals surface area contributed by atoms with E-state index in [2.05, 4.69) is 16.9 Å². The predicted octanol–water partition coefficient (Wildman–Crippen LogP) is 1.21. The van der Waals surface area contributed by atoms with E-state index in [9.17, 15) is 4.79 Å². The van der Waals surface area contributed by atoms with Crippen LogP contribution in [0.4, 0.5) is 0 Å². The van der Waals surface area contributed by atoms with Gasteiger partial charge in [-0.3, -0.25) is 4.98 Å². The topological polar surface area (TPSA) is 62.7 Å². The number of hydrogen-bond donors (Lipinski definition) is 1. The number of nitrogens with zero attached hydrogens (tertiary/aromatic N) is 2. The highest BCUT2D eigenvalue weighted by Crippen LogP contribution is 2.27. The molecule has 0 saturated carbocycles. The van der Waals surface area contributed by atoms with Gasteiger partial charge in [0.2, 0.25) is 0 Å². The van der Waals surface area contributed by atoms with E-state index < -0.39 is 5.97 Å². The number of hydrogen-bond acceptors (Lipinski definition) is 4. The first-order valence-corrected chi connectivity index (χ1v) is 5.57. The molecule has 0 aliphatic carbocycles. The molecule has 0 radical (unpaired) electrons. The Balaban J connectivity index is 2.30. The summed E-state index contributed by atoms with van der Waals surface area (Å²) in [4.78, 5) is 17.6. The molecule has 1 atom stereocenters. The number of carboxylic acids is 1. The summed E-state index contributed by atoms with van der Waals surface area (Å²) in [6.45, 7) is 1.96. The van der Waals surface area contributed by atoms with Gasteiger partial charge in [0, 0.05) is 18.2 Å². The quantitative estimate of drug-likeness (QED) is 0.854. The highest BCUT2D eigenvalue weighted by molar-refractivity contribution is 5.90. The second kappa shape index (κ2) is 4.71. The fourth-order valence-electron chi connectivity index (χ4n) is 2.19. The van der Waals surface area contributed by atoms with E-state index in [1.807, 2.05) is 0 Å². The van der Waals surface area contributed by atoms with Crippen molar-refractivity contribution in [3.8, 4) is 5.75 Å². The molecule has 0 amide bonds. The molecule has 92 valence electrons. The standard InChI is InChI=1S/C12H16N2O3/c1-14-4-3-8(7-14)10-5-9(12(15)16)11(17-2)6-13-10/h5-6,8H,3-4,7H2,1-2H3,(H,15,16). The number of aromatic carboxylic acids is 1. The molecule has 0 bridgehead atoms. The molecule has 1 fully saturated rings. The van der Waals surface area contributed by atoms with E-state index in [0.717, 1.165) is 25.2 Å². The maximum Gasteiger partial charge on any atom is 0.339 e. The van der Waals surface area contributed by atoms with Gasteiger partial charge in [0.05, 0.1) is 13.3 Å². The van der Waals surface area contributed by atoms with Gasteiger partial charge in [-0.1, -0.05) is 0 Å². The molecule has 1 N–H and O–H groups in total. The van der Waals surface area contributed by atoms with Gasteiger partial charge in [0.1, 0.15) is 5.56 Å². The van der Waals surface area contributed by atoms with Gasteiger partial charge in [0.15, 0.2) is 5.75 Å². The lowest BCUT2D eigenvalue weighted by Crippen LogP contribution is -2.14. The molecule has 17 heavy (non-hydrogen) atoms. The van der Waals surface area contributed by atoms with Gasteiger partial charge < -0.3 is 14.7 Å². The van der Waals surface area contributed by atoms with Crippen LogP contribution >= 0.6 is 0 Å². The fourth-order valence-corrected chi connectivity index (χ4v) is 2.19. The van der Waals surface area contributed by atoms with E-state index in [0.29, 0.717) is 11.7 Å². The number of methoxy groups -OCH3 is 1. The van der Waals surface area contributed by atoms with Crippen molar-refractivity contribution >= 4 is 5.97 Å². The van der Waals surface area contributed by atoms with Crippen molar-refractivity contribution in [2.24, 2.45) is 0 Å². The van der Waals surface area contributed by atoms with Crippen LogP contribution in [-0.4, -0.2) is 48.2 Å². The molecule has 1 aromatic rings. The second-order valence-corrected chi connectivity index (χ2v) is 4.36. The zero-order valence-electron chi connectivity index (χ0n) is 10.0. The Kier molecular flexibility index (Phi) is 3.28. The second-order valence-electron chi connectivity index (χ2n) is 4.36. The molecule has 2 rings (SSSR count). The van der Waals surface area contributed by atoms with Crippen LogP contribution in [0.2, 0.25) is 0 Å². The average Bonchev–Trinajstić information content (AvgIpc) is 2.75. The number of pyridine rings is 1. The monoisotopic (exact) mass is 236 g/mol. The van der Waals surface area contributed by atoms with Crippen LogP contribution in [0.15, 0.2) is 12.3 Å². The maximum atomic E-state index is 11.1. The highest BCUT2D eigenvalue weighted by atomic mass is 16.5. The summed E-state index contributed by atoms with van der Waals surface area (Å²) in [5.41, 5.74) is 1.03. The number of carboxylic acid groups (broad SMARTS) is 1. The smallest absolute Gasteiger partial charge is 0.339 e. The SMILES string of the molecule is COc1cnc(C2CCN(C)C2)cc1C(=O)O. The number of carbonyl (C=O) groups is 1. The van der Waals surface area contributed by atoms with Crippen LogP contribution in [-0.2, 0) is 0 Å². The molecule has 1 aliphatic heterocycles. The largest absolute Gasteiger partial charge is 0.494 e. The lowest BCUT2D eigenvalue weighted by molar-refractivity contribution is 0.0693. The van der Waals surface area contributed by atoms with Crippen LogP contribution in [0.3, 0.4) is 0 Å². The van der Waals surface area contributed by atoms with Crippen molar-refractivity contribution < 1.29 is 14.6 Å². The van der Waals surface area contributed by atoms with Gasteiger partial charge in [-0.05, 0) is 26.1 Å². The van der Waals surface area contributed by atoms with Crippen LogP contribution in [0.1, 0.15) is 28.4 Å². The molecule has 5 nitrogen and oxygen atoms in total. The number of rotatable bonds is 3. The predicted molar refractivity (Wildman–Crippen MR) is 62.6 cm³/mol. The van der Waals surface area contributed by atoms with Crippen molar-refractivity contribution in [3.05, 3.63) is 23.5 Å². The average molecular weight is 236 g/mol. The molecular weight excluding hydrogens is 220 g/mol. The number of likely N-dealkylation sites (tertiary alicyclic amines) is 1. The summed E-state index contributed by atoms with van der Waals surface area (Å²) < 4.78 is 4.99. The molecule has 2 heterocycles. The molecular formula is C12H16N2O3. The van der Waals surface area contributed by atoms with E-state index in [-0.39, 0.29) is 5.56 Å². The highest BCUT2D eigenvalue weighted by Gasteiger charge is 2.24. The van der Waals surface area contributed by atoms with Crippen LogP contribution in [0.25, 0.3) is 0 Å². The van der Waals surface area contributed by atoms with Crippen LogP contribution in [0.5, 0.6) is 5.75 Å². The molecule has 1 unspecified atom stereocenters. The summed E-state index contributed by atoms with van der Waals surface area (Å²) in [5, 5.41) is 9.10. The van der Waals surface area contributed by atoms with Crippen molar-refractivity contribution in [3.63, 3.8) is 0 Å². The third-order valence-corrected chi connectivity index (χ3v) is 3.15. The zero-order chi connectivity index (χ0) is 12.4. The van der Waals surface area contributed by atoms with E-state index >= 15 is 0 Å². The Bertz CT molecular complexity index is 434. The molecule has 1 aromatic heterocycles. The van der Waals surface area contributed by atoms with E-state index in [4.69, 9.17) is 9.84 Å². The van der Waals surface area contributed by atoms with Gasteiger partial charge in [-0.2, -0.15) is 0 Å². The number of ether oxygens (including phenoxy) is 1. The Hall–Kier alpha value is -1.62. The van der Waals surface area contributed by atoms with Gasteiger partial charge in [0.25, 0.3) is 0 Å².